The topological polar surface area (TPSA) is 109 Å². The lowest BCUT2D eigenvalue weighted by Crippen LogP contribution is -2.06. The van der Waals surface area contributed by atoms with Gasteiger partial charge in [-0.15, -0.1) is 0 Å². The second-order valence-corrected chi connectivity index (χ2v) is 5.56. The summed E-state index contributed by atoms with van der Waals surface area (Å²) >= 11 is 0. The van der Waals surface area contributed by atoms with Gasteiger partial charge in [0.2, 0.25) is 17.6 Å². The summed E-state index contributed by atoms with van der Waals surface area (Å²) in [6, 6.07) is 5.86. The van der Waals surface area contributed by atoms with Crippen molar-refractivity contribution >= 4 is 28.6 Å². The van der Waals surface area contributed by atoms with E-state index in [-0.39, 0.29) is 27.6 Å². The van der Waals surface area contributed by atoms with Crippen molar-refractivity contribution in [3.8, 4) is 5.88 Å². The minimum absolute atomic E-state index is 0.00608. The van der Waals surface area contributed by atoms with E-state index in [1.165, 1.54) is 44.4 Å². The number of fused-ring (bicyclic) bond motifs is 1. The van der Waals surface area contributed by atoms with Crippen LogP contribution in [0.4, 0.5) is 0 Å². The number of carbonyl (C=O) groups is 3. The predicted octanol–water partition coefficient (Wildman–Crippen LogP) is 2.64. The highest BCUT2D eigenvalue weighted by Crippen LogP contribution is 2.36. The van der Waals surface area contributed by atoms with Crippen LogP contribution in [0.15, 0.2) is 36.7 Å². The maximum atomic E-state index is 12.9. The van der Waals surface area contributed by atoms with Crippen LogP contribution in [-0.2, 0) is 0 Å². The number of aromatic nitrogens is 2. The van der Waals surface area contributed by atoms with Gasteiger partial charge in [0.05, 0.1) is 16.6 Å². The molecule has 0 fully saturated rings. The van der Waals surface area contributed by atoms with Crippen molar-refractivity contribution in [2.75, 3.05) is 0 Å². The molecule has 0 bridgehead atoms. The van der Waals surface area contributed by atoms with Gasteiger partial charge in [-0.2, -0.15) is 0 Å². The van der Waals surface area contributed by atoms with Gasteiger partial charge in [-0.25, -0.2) is 4.79 Å². The summed E-state index contributed by atoms with van der Waals surface area (Å²) in [7, 11) is 0. The van der Waals surface area contributed by atoms with Crippen molar-refractivity contribution in [3.05, 3.63) is 58.9 Å². The number of ketones is 1. The number of aromatic hydroxyl groups is 1. The van der Waals surface area contributed by atoms with Crippen LogP contribution >= 0.6 is 0 Å². The number of hydrogen-bond acceptors (Lipinski definition) is 5. The van der Waals surface area contributed by atoms with Gasteiger partial charge in [0, 0.05) is 30.3 Å². The first-order valence-corrected chi connectivity index (χ1v) is 7.40. The van der Waals surface area contributed by atoms with Gasteiger partial charge in [-0.1, -0.05) is 0 Å². The van der Waals surface area contributed by atoms with E-state index in [0.717, 1.165) is 4.57 Å². The molecule has 2 aromatic heterocycles. The normalized spacial score (nSPS) is 10.8. The summed E-state index contributed by atoms with van der Waals surface area (Å²) in [6.45, 7) is 2.79. The number of hydrogen-bond donors (Lipinski definition) is 2. The average molecular weight is 338 g/mol. The second-order valence-electron chi connectivity index (χ2n) is 5.56. The van der Waals surface area contributed by atoms with Gasteiger partial charge in [0.25, 0.3) is 0 Å². The van der Waals surface area contributed by atoms with Gasteiger partial charge in [-0.05, 0) is 36.8 Å². The van der Waals surface area contributed by atoms with E-state index < -0.39 is 23.5 Å². The molecule has 7 heteroatoms. The standard InChI is InChI=1S/C18H14N2O5/c1-9-12(18(24)25)5-6-13-14(9)15(17(23)20(13)10(2)21)16(22)11-4-3-7-19-8-11/h3-8,23H,1-2H3,(H,24,25). The quantitative estimate of drug-likeness (QED) is 0.711. The molecule has 0 aliphatic carbocycles. The maximum Gasteiger partial charge on any atom is 0.335 e. The summed E-state index contributed by atoms with van der Waals surface area (Å²) in [5, 5.41) is 20.1. The highest BCUT2D eigenvalue weighted by atomic mass is 16.4. The zero-order valence-electron chi connectivity index (χ0n) is 13.5. The van der Waals surface area contributed by atoms with Gasteiger partial charge in [0.1, 0.15) is 0 Å². The molecule has 0 saturated carbocycles. The second kappa shape index (κ2) is 5.86. The number of carbonyl (C=O) groups excluding carboxylic acids is 2. The third-order valence-electron chi connectivity index (χ3n) is 4.07. The fourth-order valence-electron chi connectivity index (χ4n) is 2.94. The van der Waals surface area contributed by atoms with E-state index in [1.807, 2.05) is 0 Å². The lowest BCUT2D eigenvalue weighted by molar-refractivity contribution is 0.0695. The lowest BCUT2D eigenvalue weighted by Gasteiger charge is -2.05. The van der Waals surface area contributed by atoms with Crippen LogP contribution < -0.4 is 0 Å². The lowest BCUT2D eigenvalue weighted by atomic mass is 9.97. The molecule has 126 valence electrons. The average Bonchev–Trinajstić information content (AvgIpc) is 2.88. The molecule has 0 aliphatic rings. The first-order chi connectivity index (χ1) is 11.8. The molecule has 25 heavy (non-hydrogen) atoms. The Morgan fingerprint density at radius 1 is 1.16 bits per heavy atom. The Labute approximate surface area is 142 Å². The van der Waals surface area contributed by atoms with E-state index in [4.69, 9.17) is 0 Å². The molecule has 0 saturated heterocycles. The monoisotopic (exact) mass is 338 g/mol. The van der Waals surface area contributed by atoms with Crippen molar-refractivity contribution in [2.24, 2.45) is 0 Å². The third-order valence-corrected chi connectivity index (χ3v) is 4.07. The summed E-state index contributed by atoms with van der Waals surface area (Å²) in [4.78, 5) is 40.1. The van der Waals surface area contributed by atoms with E-state index >= 15 is 0 Å². The van der Waals surface area contributed by atoms with Gasteiger partial charge in [-0.3, -0.25) is 19.1 Å². The molecule has 2 N–H and O–H groups in total. The summed E-state index contributed by atoms with van der Waals surface area (Å²) < 4.78 is 0.998. The van der Waals surface area contributed by atoms with Crippen LogP contribution in [-0.4, -0.2) is 37.4 Å². The molecule has 0 aliphatic heterocycles. The minimum Gasteiger partial charge on any atom is -0.494 e. The zero-order valence-corrected chi connectivity index (χ0v) is 13.5. The molecule has 3 rings (SSSR count). The van der Waals surface area contributed by atoms with Gasteiger partial charge >= 0.3 is 5.97 Å². The molecule has 0 amide bonds. The molecule has 2 heterocycles. The number of aromatic carboxylic acids is 1. The summed E-state index contributed by atoms with van der Waals surface area (Å²) in [5.41, 5.74) is 0.681. The van der Waals surface area contributed by atoms with E-state index in [9.17, 15) is 24.6 Å². The van der Waals surface area contributed by atoms with Crippen LogP contribution in [0.3, 0.4) is 0 Å². The Bertz CT molecular complexity index is 1030. The van der Waals surface area contributed by atoms with Crippen molar-refractivity contribution in [1.29, 1.82) is 0 Å². The number of pyridine rings is 1. The number of carboxylic acid groups (broad SMARTS) is 1. The number of benzene rings is 1. The molecule has 3 aromatic rings. The first-order valence-electron chi connectivity index (χ1n) is 7.40. The number of rotatable bonds is 3. The number of carboxylic acids is 1. The van der Waals surface area contributed by atoms with Crippen LogP contribution in [0.5, 0.6) is 5.88 Å². The molecule has 0 radical (unpaired) electrons. The van der Waals surface area contributed by atoms with Crippen LogP contribution in [0, 0.1) is 6.92 Å². The zero-order chi connectivity index (χ0) is 18.3. The van der Waals surface area contributed by atoms with Crippen LogP contribution in [0.2, 0.25) is 0 Å². The Morgan fingerprint density at radius 2 is 1.88 bits per heavy atom. The Balaban J connectivity index is 2.43. The van der Waals surface area contributed by atoms with E-state index in [0.29, 0.717) is 5.56 Å². The summed E-state index contributed by atoms with van der Waals surface area (Å²) in [6.07, 6.45) is 2.85. The largest absolute Gasteiger partial charge is 0.494 e. The molecule has 0 spiro atoms. The molecular formula is C18H14N2O5. The SMILES string of the molecule is CC(=O)n1c(O)c(C(=O)c2cccnc2)c2c(C)c(C(=O)O)ccc21. The third kappa shape index (κ3) is 2.46. The van der Waals surface area contributed by atoms with Crippen LogP contribution in [0.25, 0.3) is 10.9 Å². The maximum absolute atomic E-state index is 12.9. The van der Waals surface area contributed by atoms with Crippen LogP contribution in [0.1, 0.15) is 43.6 Å². The molecule has 7 nitrogen and oxygen atoms in total. The highest BCUT2D eigenvalue weighted by Gasteiger charge is 2.28. The fourth-order valence-corrected chi connectivity index (χ4v) is 2.94. The van der Waals surface area contributed by atoms with Crippen molar-refractivity contribution in [1.82, 2.24) is 9.55 Å². The van der Waals surface area contributed by atoms with Crippen molar-refractivity contribution < 1.29 is 24.6 Å². The Hall–Kier alpha value is -3.48. The molecule has 1 aromatic carbocycles. The summed E-state index contributed by atoms with van der Waals surface area (Å²) in [5.74, 6) is -2.70. The number of nitrogens with zero attached hydrogens (tertiary/aromatic N) is 2. The molecule has 0 unspecified atom stereocenters. The Morgan fingerprint density at radius 3 is 2.44 bits per heavy atom. The Kier molecular flexibility index (Phi) is 3.84. The van der Waals surface area contributed by atoms with Gasteiger partial charge < -0.3 is 10.2 Å². The molecule has 0 atom stereocenters. The highest BCUT2D eigenvalue weighted by molar-refractivity contribution is 6.21. The molecular weight excluding hydrogens is 324 g/mol. The van der Waals surface area contributed by atoms with Gasteiger partial charge in [0.15, 0.2) is 0 Å². The number of aryl methyl sites for hydroxylation is 1. The fraction of sp³-hybridized carbons (Fsp3) is 0.111. The minimum atomic E-state index is -1.16. The van der Waals surface area contributed by atoms with Crippen molar-refractivity contribution in [2.45, 2.75) is 13.8 Å². The van der Waals surface area contributed by atoms with E-state index in [2.05, 4.69) is 4.98 Å². The van der Waals surface area contributed by atoms with Crippen molar-refractivity contribution in [3.63, 3.8) is 0 Å². The smallest absolute Gasteiger partial charge is 0.335 e. The first kappa shape index (κ1) is 16.4. The predicted molar refractivity (Wildman–Crippen MR) is 89.3 cm³/mol. The van der Waals surface area contributed by atoms with E-state index in [1.54, 1.807) is 6.07 Å².